The van der Waals surface area contributed by atoms with Crippen LogP contribution in [0, 0.1) is 0 Å². The Balaban J connectivity index is 0.00000289. The molecule has 4 N–H and O–H groups in total. The largest absolute Gasteiger partial charge is 1.00 e. The van der Waals surface area contributed by atoms with Gasteiger partial charge >= 0.3 is 35.5 Å². The van der Waals surface area contributed by atoms with Gasteiger partial charge in [-0.3, -0.25) is 14.7 Å². The van der Waals surface area contributed by atoms with E-state index in [4.69, 9.17) is 5.73 Å². The van der Waals surface area contributed by atoms with E-state index in [1.165, 1.54) is 23.3 Å². The molecule has 4 rings (SSSR count). The fraction of sp³-hybridized carbons (Fsp3) is 0.188. The number of oxime groups is 1. The summed E-state index contributed by atoms with van der Waals surface area (Å²) in [5.41, 5.74) is 5.94. The van der Waals surface area contributed by atoms with E-state index in [9.17, 15) is 25.0 Å². The van der Waals surface area contributed by atoms with E-state index < -0.39 is 34.9 Å². The number of carboxylic acids is 1. The summed E-state index contributed by atoms with van der Waals surface area (Å²) in [5, 5.41) is 35.1. The van der Waals surface area contributed by atoms with Gasteiger partial charge in [-0.2, -0.15) is 8.75 Å². The van der Waals surface area contributed by atoms with Gasteiger partial charge in [0.1, 0.15) is 22.5 Å². The first-order valence-corrected chi connectivity index (χ1v) is 11.1. The Morgan fingerprint density at radius 1 is 1.41 bits per heavy atom. The van der Waals surface area contributed by atoms with Crippen LogP contribution >= 0.6 is 34.8 Å². The number of carbonyl (C=O) groups is 2. The number of amides is 1. The van der Waals surface area contributed by atoms with Crippen molar-refractivity contribution in [3.8, 4) is 0 Å². The smallest absolute Gasteiger partial charge is 0.857 e. The van der Waals surface area contributed by atoms with E-state index in [2.05, 4.69) is 23.9 Å². The van der Waals surface area contributed by atoms with Crippen LogP contribution in [0.25, 0.3) is 6.08 Å². The number of nitrogens with two attached hydrogens (primary N) is 1. The zero-order chi connectivity index (χ0) is 22.1. The fourth-order valence-electron chi connectivity index (χ4n) is 2.96. The molecule has 2 atom stereocenters. The number of thioether (sulfide) groups is 1. The van der Waals surface area contributed by atoms with Gasteiger partial charge in [0, 0.05) is 17.0 Å². The van der Waals surface area contributed by atoms with Crippen LogP contribution in [0.1, 0.15) is 11.4 Å². The number of β-lactam (4-membered cyclic amide) rings is 1. The number of aliphatic imine (C=N–C) groups is 1. The van der Waals surface area contributed by atoms with Crippen molar-refractivity contribution >= 4 is 69.5 Å². The van der Waals surface area contributed by atoms with Crippen molar-refractivity contribution in [1.82, 2.24) is 18.6 Å². The minimum atomic E-state index is -1.27. The van der Waals surface area contributed by atoms with Gasteiger partial charge in [-0.25, -0.2) is 9.78 Å². The number of allylic oxidation sites excluding steroid dienone is 1. The van der Waals surface area contributed by atoms with Crippen LogP contribution in [0.15, 0.2) is 39.1 Å². The zero-order valence-electron chi connectivity index (χ0n) is 16.3. The molecule has 1 saturated heterocycles. The van der Waals surface area contributed by atoms with Gasteiger partial charge in [0.05, 0.1) is 23.6 Å². The molecule has 0 radical (unpaired) electrons. The van der Waals surface area contributed by atoms with Crippen LogP contribution in [-0.2, 0) is 9.59 Å². The molecule has 0 saturated carbocycles. The summed E-state index contributed by atoms with van der Waals surface area (Å²) in [4.78, 5) is 33.3. The second-order valence-corrected chi connectivity index (χ2v) is 8.70. The number of thiazole rings is 1. The standard InChI is InChI=1S/C16H13N7O5S3.Na/c17-16-19-8(5-30-16)9(21-28)12(24)20-10-13(25)23-11(15(26)27)6(4-29-14(10)23)1-2-7-3-18-31-22-7;/h1-3,5,10,14,28H,4H2,(H2,17,19)(H,20,24)(H,26,27);/q;+1/p-1/b2-1+,21-9-;/t10-,14-;/m1./s1. The van der Waals surface area contributed by atoms with Crippen LogP contribution in [0.4, 0.5) is 5.13 Å². The quantitative estimate of drug-likeness (QED) is 0.0910. The fourth-order valence-corrected chi connectivity index (χ4v) is 5.21. The van der Waals surface area contributed by atoms with Crippen molar-refractivity contribution in [2.45, 2.75) is 11.4 Å². The molecule has 12 nitrogen and oxygen atoms in total. The van der Waals surface area contributed by atoms with Crippen LogP contribution in [0.3, 0.4) is 0 Å². The van der Waals surface area contributed by atoms with Crippen LogP contribution < -0.4 is 40.4 Å². The number of carbonyl (C=O) groups excluding carboxylic acids is 1. The molecule has 1 fully saturated rings. The third-order valence-corrected chi connectivity index (χ3v) is 6.78. The second-order valence-electron chi connectivity index (χ2n) is 6.15. The van der Waals surface area contributed by atoms with Crippen molar-refractivity contribution in [3.05, 3.63) is 40.3 Å². The normalized spacial score (nSPS) is 21.4. The number of aromatic nitrogens is 3. The van der Waals surface area contributed by atoms with Crippen molar-refractivity contribution in [1.29, 1.82) is 0 Å². The summed E-state index contributed by atoms with van der Waals surface area (Å²) in [5.74, 6) is -2.57. The Kier molecular flexibility index (Phi) is 7.68. The molecule has 2 aliphatic heterocycles. The number of nitrogens with zero attached hydrogens (tertiary/aromatic N) is 6. The van der Waals surface area contributed by atoms with Crippen molar-refractivity contribution < 1.29 is 54.6 Å². The third-order valence-electron chi connectivity index (χ3n) is 4.33. The summed E-state index contributed by atoms with van der Waals surface area (Å²) in [7, 11) is 0. The van der Waals surface area contributed by atoms with Crippen LogP contribution in [0.5, 0.6) is 0 Å². The van der Waals surface area contributed by atoms with Gasteiger partial charge in [0.2, 0.25) is 0 Å². The monoisotopic (exact) mass is 501 g/mol. The molecule has 2 aromatic rings. The minimum absolute atomic E-state index is 0. The predicted molar refractivity (Wildman–Crippen MR) is 113 cm³/mol. The molecule has 0 aromatic carbocycles. The number of rotatable bonds is 6. The Morgan fingerprint density at radius 2 is 2.19 bits per heavy atom. The molecule has 160 valence electrons. The number of nitrogen functional groups attached to an aromatic ring is 1. The Labute approximate surface area is 214 Å². The third kappa shape index (κ3) is 4.57. The molecular formula is C16H12N7NaO5S3. The van der Waals surface area contributed by atoms with Crippen LogP contribution in [0.2, 0.25) is 0 Å². The first-order valence-electron chi connectivity index (χ1n) is 8.46. The maximum atomic E-state index is 12.7. The van der Waals surface area contributed by atoms with Gasteiger partial charge < -0.3 is 21.2 Å². The van der Waals surface area contributed by atoms with E-state index >= 15 is 0 Å². The van der Waals surface area contributed by atoms with E-state index in [0.29, 0.717) is 11.3 Å². The number of carboxylic acid groups (broad SMARTS) is 1. The first-order chi connectivity index (χ1) is 14.9. The Bertz CT molecular complexity index is 1160. The molecule has 2 aliphatic rings. The summed E-state index contributed by atoms with van der Waals surface area (Å²) in [6.07, 6.45) is 4.73. The number of fused-ring (bicyclic) bond motifs is 1. The molecule has 0 bridgehead atoms. The number of hydrogen-bond donors (Lipinski definition) is 3. The summed E-state index contributed by atoms with van der Waals surface area (Å²) >= 11 is 3.34. The van der Waals surface area contributed by atoms with Gasteiger partial charge in [0.15, 0.2) is 11.2 Å². The molecular weight excluding hydrogens is 489 g/mol. The maximum absolute atomic E-state index is 12.7. The Hall–Kier alpha value is -2.30. The number of anilines is 1. The van der Waals surface area contributed by atoms with E-state index in [1.807, 2.05) is 0 Å². The SMILES string of the molecule is Nc1nc(/C(=N/O)C([O-])=N[C@@H]2C(=O)N3C(C(=O)O)=C(/C=C/c4cnsn4)CS[C@H]23)cs1.[Na+]. The van der Waals surface area contributed by atoms with Crippen molar-refractivity contribution in [2.24, 2.45) is 10.1 Å². The van der Waals surface area contributed by atoms with Gasteiger partial charge in [-0.15, -0.1) is 23.1 Å². The predicted octanol–water partition coefficient (Wildman–Crippen LogP) is -3.15. The summed E-state index contributed by atoms with van der Waals surface area (Å²) in [6, 6.07) is -1.10. The average molecular weight is 502 g/mol. The molecule has 4 heterocycles. The molecule has 32 heavy (non-hydrogen) atoms. The van der Waals surface area contributed by atoms with Gasteiger partial charge in [0.25, 0.3) is 5.91 Å². The molecule has 0 unspecified atom stereocenters. The summed E-state index contributed by atoms with van der Waals surface area (Å²) < 4.78 is 7.89. The minimum Gasteiger partial charge on any atom is -0.857 e. The van der Waals surface area contributed by atoms with E-state index in [0.717, 1.165) is 28.0 Å². The topological polar surface area (TPSA) is 190 Å². The van der Waals surface area contributed by atoms with Crippen LogP contribution in [-0.4, -0.2) is 69.6 Å². The molecule has 0 spiro atoms. The second kappa shape index (κ2) is 10.1. The van der Waals surface area contributed by atoms with E-state index in [-0.39, 0.29) is 51.8 Å². The van der Waals surface area contributed by atoms with Crippen molar-refractivity contribution in [2.75, 3.05) is 11.5 Å². The average Bonchev–Trinajstić information content (AvgIpc) is 3.42. The maximum Gasteiger partial charge on any atom is 1.00 e. The van der Waals surface area contributed by atoms with Gasteiger partial charge in [-0.1, -0.05) is 11.2 Å². The molecule has 0 aliphatic carbocycles. The van der Waals surface area contributed by atoms with Crippen molar-refractivity contribution in [3.63, 3.8) is 0 Å². The first kappa shape index (κ1) is 24.3. The molecule has 2 aromatic heterocycles. The molecule has 1 amide bonds. The number of aliphatic carboxylic acids is 1. The summed E-state index contributed by atoms with van der Waals surface area (Å²) in [6.45, 7) is 0. The number of hydrogen-bond acceptors (Lipinski definition) is 13. The Morgan fingerprint density at radius 3 is 2.78 bits per heavy atom. The molecule has 16 heteroatoms. The zero-order valence-corrected chi connectivity index (χ0v) is 20.7. The van der Waals surface area contributed by atoms with E-state index in [1.54, 1.807) is 12.2 Å². The van der Waals surface area contributed by atoms with Gasteiger partial charge in [-0.05, 0) is 11.6 Å².